The number of aromatic nitrogens is 2. The number of carbonyl (C=O) groups excluding carboxylic acids is 1. The molecule has 2 heterocycles. The molecular formula is C23H18F3N3O3S. The van der Waals surface area contributed by atoms with Gasteiger partial charge in [-0.3, -0.25) is 4.79 Å². The van der Waals surface area contributed by atoms with Gasteiger partial charge in [-0.15, -0.1) is 0 Å². The molecule has 0 aliphatic rings. The van der Waals surface area contributed by atoms with Crippen LogP contribution < -0.4 is 10.9 Å². The molecule has 4 rings (SSSR count). The van der Waals surface area contributed by atoms with E-state index in [9.17, 15) is 22.8 Å². The van der Waals surface area contributed by atoms with Crippen molar-refractivity contribution in [1.29, 1.82) is 0 Å². The van der Waals surface area contributed by atoms with Crippen LogP contribution in [0, 0.1) is 0 Å². The molecule has 0 fully saturated rings. The summed E-state index contributed by atoms with van der Waals surface area (Å²) in [4.78, 5) is 27.6. The zero-order chi connectivity index (χ0) is 23.6. The van der Waals surface area contributed by atoms with E-state index >= 15 is 0 Å². The number of anilines is 1. The van der Waals surface area contributed by atoms with Crippen molar-refractivity contribution in [1.82, 2.24) is 9.55 Å². The van der Waals surface area contributed by atoms with E-state index in [0.29, 0.717) is 27.9 Å². The number of nitrogens with zero attached hydrogens (tertiary/aromatic N) is 2. The summed E-state index contributed by atoms with van der Waals surface area (Å²) in [7, 11) is 0. The molecule has 1 amide bonds. The Morgan fingerprint density at radius 1 is 1.15 bits per heavy atom. The molecule has 0 atom stereocenters. The Labute approximate surface area is 190 Å². The Balaban J connectivity index is 1.67. The van der Waals surface area contributed by atoms with Crippen molar-refractivity contribution in [3.05, 3.63) is 76.8 Å². The van der Waals surface area contributed by atoms with Gasteiger partial charge in [0.2, 0.25) is 5.91 Å². The van der Waals surface area contributed by atoms with E-state index in [-0.39, 0.29) is 22.4 Å². The van der Waals surface area contributed by atoms with Gasteiger partial charge >= 0.3 is 11.8 Å². The lowest BCUT2D eigenvalue weighted by molar-refractivity contribution is -0.141. The highest BCUT2D eigenvalue weighted by atomic mass is 32.2. The number of carbonyl (C=O) groups is 1. The summed E-state index contributed by atoms with van der Waals surface area (Å²) in [5.74, 6) is -0.0702. The number of fused-ring (bicyclic) bond motifs is 1. The molecule has 0 saturated carbocycles. The van der Waals surface area contributed by atoms with Crippen molar-refractivity contribution < 1.29 is 22.4 Å². The number of hydrogen-bond donors (Lipinski definition) is 1. The van der Waals surface area contributed by atoms with Gasteiger partial charge in [0.25, 0.3) is 0 Å². The highest BCUT2D eigenvalue weighted by molar-refractivity contribution is 7.98. The zero-order valence-electron chi connectivity index (χ0n) is 17.3. The van der Waals surface area contributed by atoms with Gasteiger partial charge in [-0.1, -0.05) is 42.1 Å². The SMILES string of the molecule is CC(=O)Nc1ccc2c(CSc3ncc(-c4ccccc4)n3CC(F)(F)F)cc(=O)oc2c1. The standard InChI is InChI=1S/C23H18F3N3O3S/c1-14(30)28-17-7-8-18-16(9-21(31)32-20(18)10-17)12-33-22-27-11-19(15-5-3-2-4-6-15)29(22)13-23(24,25)26/h2-11H,12-13H2,1H3,(H,28,30). The summed E-state index contributed by atoms with van der Waals surface area (Å²) in [6.45, 7) is 0.178. The predicted octanol–water partition coefficient (Wildman–Crippen LogP) is 5.47. The highest BCUT2D eigenvalue weighted by Gasteiger charge is 2.31. The van der Waals surface area contributed by atoms with Crippen molar-refractivity contribution in [3.63, 3.8) is 0 Å². The van der Waals surface area contributed by atoms with Crippen LogP contribution in [-0.2, 0) is 17.1 Å². The first-order chi connectivity index (χ1) is 15.7. The molecule has 0 spiro atoms. The summed E-state index contributed by atoms with van der Waals surface area (Å²) in [6, 6.07) is 14.9. The summed E-state index contributed by atoms with van der Waals surface area (Å²) in [6.07, 6.45) is -3.01. The second kappa shape index (κ2) is 9.14. The molecule has 2 aromatic heterocycles. The molecular weight excluding hydrogens is 455 g/mol. The lowest BCUT2D eigenvalue weighted by Crippen LogP contribution is -2.19. The number of amides is 1. The zero-order valence-corrected chi connectivity index (χ0v) is 18.2. The van der Waals surface area contributed by atoms with Crippen LogP contribution in [0.25, 0.3) is 22.2 Å². The van der Waals surface area contributed by atoms with Crippen molar-refractivity contribution >= 4 is 34.3 Å². The first-order valence-electron chi connectivity index (χ1n) is 9.84. The Bertz CT molecular complexity index is 1360. The number of halogens is 3. The molecule has 1 N–H and O–H groups in total. The van der Waals surface area contributed by atoms with Crippen LogP contribution in [-0.4, -0.2) is 21.6 Å². The third kappa shape index (κ3) is 5.46. The van der Waals surface area contributed by atoms with Crippen LogP contribution >= 0.6 is 11.8 Å². The molecule has 0 aliphatic carbocycles. The quantitative estimate of drug-likeness (QED) is 0.297. The Kier molecular flexibility index (Phi) is 6.28. The molecule has 0 unspecified atom stereocenters. The van der Waals surface area contributed by atoms with Crippen LogP contribution in [0.15, 0.2) is 75.2 Å². The van der Waals surface area contributed by atoms with Gasteiger partial charge in [0.15, 0.2) is 5.16 Å². The minimum absolute atomic E-state index is 0.183. The van der Waals surface area contributed by atoms with Gasteiger partial charge in [0, 0.05) is 35.9 Å². The predicted molar refractivity (Wildman–Crippen MR) is 120 cm³/mol. The van der Waals surface area contributed by atoms with Gasteiger partial charge in [-0.2, -0.15) is 13.2 Å². The molecule has 2 aromatic carbocycles. The van der Waals surface area contributed by atoms with Crippen molar-refractivity contribution in [2.24, 2.45) is 0 Å². The molecule has 0 bridgehead atoms. The minimum Gasteiger partial charge on any atom is -0.423 e. The van der Waals surface area contributed by atoms with Crippen molar-refractivity contribution in [2.45, 2.75) is 30.6 Å². The number of alkyl halides is 3. The Hall–Kier alpha value is -3.53. The monoisotopic (exact) mass is 473 g/mol. The van der Waals surface area contributed by atoms with Crippen LogP contribution in [0.1, 0.15) is 12.5 Å². The fourth-order valence-corrected chi connectivity index (χ4v) is 4.39. The van der Waals surface area contributed by atoms with Gasteiger partial charge in [0.1, 0.15) is 12.1 Å². The van der Waals surface area contributed by atoms with E-state index in [1.165, 1.54) is 25.3 Å². The van der Waals surface area contributed by atoms with E-state index < -0.39 is 18.3 Å². The average Bonchev–Trinajstić information content (AvgIpc) is 3.12. The van der Waals surface area contributed by atoms with E-state index in [0.717, 1.165) is 16.3 Å². The van der Waals surface area contributed by atoms with Crippen molar-refractivity contribution in [2.75, 3.05) is 5.32 Å². The van der Waals surface area contributed by atoms with E-state index in [1.807, 2.05) is 0 Å². The molecule has 170 valence electrons. The number of hydrogen-bond acceptors (Lipinski definition) is 5. The fourth-order valence-electron chi connectivity index (χ4n) is 3.42. The molecule has 6 nitrogen and oxygen atoms in total. The number of benzene rings is 2. The normalized spacial score (nSPS) is 11.6. The number of nitrogens with one attached hydrogen (secondary N) is 1. The van der Waals surface area contributed by atoms with Gasteiger partial charge in [-0.05, 0) is 23.3 Å². The minimum atomic E-state index is -4.43. The molecule has 0 aliphatic heterocycles. The molecule has 33 heavy (non-hydrogen) atoms. The van der Waals surface area contributed by atoms with E-state index in [1.54, 1.807) is 42.5 Å². The third-order valence-corrected chi connectivity index (χ3v) is 5.77. The van der Waals surface area contributed by atoms with Crippen LogP contribution in [0.5, 0.6) is 0 Å². The van der Waals surface area contributed by atoms with E-state index in [2.05, 4.69) is 10.3 Å². The number of rotatable bonds is 6. The van der Waals surface area contributed by atoms with E-state index in [4.69, 9.17) is 4.42 Å². The molecule has 0 saturated heterocycles. The van der Waals surface area contributed by atoms with Gasteiger partial charge < -0.3 is 14.3 Å². The highest BCUT2D eigenvalue weighted by Crippen LogP contribution is 2.32. The first kappa shape index (κ1) is 22.7. The summed E-state index contributed by atoms with van der Waals surface area (Å²) in [5, 5.41) is 3.42. The van der Waals surface area contributed by atoms with Gasteiger partial charge in [-0.25, -0.2) is 9.78 Å². The van der Waals surface area contributed by atoms with Crippen LogP contribution in [0.4, 0.5) is 18.9 Å². The van der Waals surface area contributed by atoms with Gasteiger partial charge in [0.05, 0.1) is 11.9 Å². The summed E-state index contributed by atoms with van der Waals surface area (Å²) in [5.41, 5.74) is 1.71. The number of thioether (sulfide) groups is 1. The lowest BCUT2D eigenvalue weighted by atomic mass is 10.1. The fraction of sp³-hybridized carbons (Fsp3) is 0.174. The van der Waals surface area contributed by atoms with Crippen LogP contribution in [0.3, 0.4) is 0 Å². The molecule has 4 aromatic rings. The Morgan fingerprint density at radius 2 is 1.91 bits per heavy atom. The summed E-state index contributed by atoms with van der Waals surface area (Å²) >= 11 is 1.10. The maximum Gasteiger partial charge on any atom is 0.406 e. The topological polar surface area (TPSA) is 77.1 Å². The Morgan fingerprint density at radius 3 is 2.61 bits per heavy atom. The largest absolute Gasteiger partial charge is 0.423 e. The smallest absolute Gasteiger partial charge is 0.406 e. The average molecular weight is 473 g/mol. The van der Waals surface area contributed by atoms with Crippen molar-refractivity contribution in [3.8, 4) is 11.3 Å². The maximum atomic E-state index is 13.3. The molecule has 10 heteroatoms. The summed E-state index contributed by atoms with van der Waals surface area (Å²) < 4.78 is 46.3. The second-order valence-corrected chi connectivity index (χ2v) is 8.21. The number of imidazole rings is 1. The first-order valence-corrected chi connectivity index (χ1v) is 10.8. The maximum absolute atomic E-state index is 13.3. The lowest BCUT2D eigenvalue weighted by Gasteiger charge is -2.14. The van der Waals surface area contributed by atoms with Crippen LogP contribution in [0.2, 0.25) is 0 Å². The third-order valence-electron chi connectivity index (χ3n) is 4.73. The molecule has 0 radical (unpaired) electrons. The second-order valence-electron chi connectivity index (χ2n) is 7.26.